The van der Waals surface area contributed by atoms with Crippen LogP contribution >= 0.6 is 0 Å². The van der Waals surface area contributed by atoms with E-state index in [1.807, 2.05) is 31.3 Å². The Morgan fingerprint density at radius 1 is 1.06 bits per heavy atom. The number of unbranched alkanes of at least 4 members (excludes halogenated alkanes) is 1. The number of carbonyl (C=O) groups is 3. The van der Waals surface area contributed by atoms with Crippen molar-refractivity contribution in [3.63, 3.8) is 0 Å². The molecule has 0 saturated heterocycles. The molecular formula is C22H38N10O3. The molecule has 0 unspecified atom stereocenters. The summed E-state index contributed by atoms with van der Waals surface area (Å²) in [6.45, 7) is 1.44. The monoisotopic (exact) mass is 490 g/mol. The molecule has 0 heterocycles. The van der Waals surface area contributed by atoms with E-state index < -0.39 is 5.54 Å². The number of carbonyl (C=O) groups excluding carboxylic acids is 3. The van der Waals surface area contributed by atoms with Gasteiger partial charge in [0.25, 0.3) is 0 Å². The number of amides is 3. The molecule has 35 heavy (non-hydrogen) atoms. The minimum Gasteiger partial charge on any atom is -0.390 e. The van der Waals surface area contributed by atoms with Crippen LogP contribution in [0.15, 0.2) is 29.4 Å². The topological polar surface area (TPSA) is 226 Å². The molecule has 0 fully saturated rings. The molecular weight excluding hydrogens is 452 g/mol. The summed E-state index contributed by atoms with van der Waals surface area (Å²) in [4.78, 5) is 37.7. The fourth-order valence-electron chi connectivity index (χ4n) is 3.76. The van der Waals surface area contributed by atoms with Crippen LogP contribution in [0.4, 0.5) is 0 Å². The van der Waals surface area contributed by atoms with Crippen LogP contribution in [0, 0.1) is 5.41 Å². The number of benzene rings is 1. The van der Waals surface area contributed by atoms with Gasteiger partial charge in [-0.25, -0.2) is 5.84 Å². The highest BCUT2D eigenvalue weighted by molar-refractivity contribution is 5.97. The van der Waals surface area contributed by atoms with Gasteiger partial charge in [0.1, 0.15) is 5.54 Å². The van der Waals surface area contributed by atoms with Crippen molar-refractivity contribution < 1.29 is 14.4 Å². The minimum atomic E-state index is -1.02. The van der Waals surface area contributed by atoms with E-state index in [9.17, 15) is 14.4 Å². The molecule has 1 aromatic carbocycles. The number of fused-ring (bicyclic) bond motifs is 1. The Morgan fingerprint density at radius 3 is 2.17 bits per heavy atom. The number of nitrogens with one attached hydrogen (secondary N) is 6. The normalized spacial score (nSPS) is 13.5. The molecule has 0 radical (unpaired) electrons. The SMILES string of the molecule is CNCCCCNC(=O)C1(NC(=O)CCCC(=O)N/C(=N/N)NN)Cc2ccccc2C1.N=CN. The van der Waals surface area contributed by atoms with Gasteiger partial charge in [0.05, 0.1) is 6.34 Å². The number of guanidine groups is 1. The lowest BCUT2D eigenvalue weighted by Gasteiger charge is -2.29. The van der Waals surface area contributed by atoms with Gasteiger partial charge in [-0.15, -0.1) is 5.10 Å². The third kappa shape index (κ3) is 9.98. The first-order valence-corrected chi connectivity index (χ1v) is 11.4. The van der Waals surface area contributed by atoms with Crippen LogP contribution in [0.25, 0.3) is 0 Å². The standard InChI is InChI=1S/C21H34N8O3.CH4N2/c1-24-11-4-5-12-25-19(32)21(13-15-7-2-3-8-16(15)14-21)27-18(31)10-6-9-17(30)26-20(28-22)29-23;2-1-3/h2-3,7-8,24H,4-6,9-14,22-23H2,1H3,(H,25,32)(H,27,31)(H2,26,28,29,30);1H,(H3,2,3). The van der Waals surface area contributed by atoms with Gasteiger partial charge in [-0.1, -0.05) is 24.3 Å². The Morgan fingerprint density at radius 2 is 1.63 bits per heavy atom. The number of hydrazine groups is 1. The van der Waals surface area contributed by atoms with Gasteiger partial charge < -0.3 is 27.5 Å². The first-order valence-electron chi connectivity index (χ1n) is 11.4. The van der Waals surface area contributed by atoms with E-state index in [-0.39, 0.29) is 36.5 Å². The maximum absolute atomic E-state index is 13.1. The zero-order chi connectivity index (χ0) is 26.1. The molecule has 3 amide bonds. The summed E-state index contributed by atoms with van der Waals surface area (Å²) in [6.07, 6.45) is 3.92. The third-order valence-corrected chi connectivity index (χ3v) is 5.39. The smallest absolute Gasteiger partial charge is 0.246 e. The van der Waals surface area contributed by atoms with Crippen LogP contribution in [0.2, 0.25) is 0 Å². The lowest BCUT2D eigenvalue weighted by molar-refractivity contribution is -0.133. The minimum absolute atomic E-state index is 0.0616. The molecule has 194 valence electrons. The summed E-state index contributed by atoms with van der Waals surface area (Å²) in [5.74, 6) is 9.33. The second-order valence-corrected chi connectivity index (χ2v) is 8.01. The lowest BCUT2D eigenvalue weighted by Crippen LogP contribution is -2.59. The van der Waals surface area contributed by atoms with Crippen molar-refractivity contribution in [3.05, 3.63) is 35.4 Å². The van der Waals surface area contributed by atoms with E-state index in [0.717, 1.165) is 36.9 Å². The molecule has 0 aliphatic heterocycles. The molecule has 13 heteroatoms. The lowest BCUT2D eigenvalue weighted by atomic mass is 9.93. The van der Waals surface area contributed by atoms with Gasteiger partial charge in [-0.05, 0) is 44.0 Å². The molecule has 0 spiro atoms. The van der Waals surface area contributed by atoms with Crippen LogP contribution in [-0.2, 0) is 27.2 Å². The molecule has 1 aliphatic carbocycles. The number of hydrogen-bond donors (Lipinski definition) is 9. The van der Waals surface area contributed by atoms with Crippen LogP contribution < -0.4 is 44.1 Å². The highest BCUT2D eigenvalue weighted by Gasteiger charge is 2.44. The molecule has 12 N–H and O–H groups in total. The fraction of sp³-hybridized carbons (Fsp3) is 0.500. The predicted octanol–water partition coefficient (Wildman–Crippen LogP) is -1.71. The van der Waals surface area contributed by atoms with Crippen molar-refractivity contribution in [1.82, 2.24) is 26.7 Å². The molecule has 0 bridgehead atoms. The average molecular weight is 491 g/mol. The third-order valence-electron chi connectivity index (χ3n) is 5.39. The average Bonchev–Trinajstić information content (AvgIpc) is 3.22. The quantitative estimate of drug-likeness (QED) is 0.0569. The highest BCUT2D eigenvalue weighted by Crippen LogP contribution is 2.30. The van der Waals surface area contributed by atoms with Crippen LogP contribution in [0.1, 0.15) is 43.2 Å². The number of nitrogens with zero attached hydrogens (tertiary/aromatic N) is 1. The Balaban J connectivity index is 0.00000194. The second kappa shape index (κ2) is 16.0. The number of rotatable bonds is 11. The van der Waals surface area contributed by atoms with Gasteiger partial charge in [-0.2, -0.15) is 0 Å². The van der Waals surface area contributed by atoms with E-state index >= 15 is 0 Å². The van der Waals surface area contributed by atoms with Crippen molar-refractivity contribution in [2.45, 2.75) is 50.5 Å². The Labute approximate surface area is 205 Å². The van der Waals surface area contributed by atoms with E-state index in [2.05, 4.69) is 37.5 Å². The van der Waals surface area contributed by atoms with Crippen LogP contribution in [0.5, 0.6) is 0 Å². The summed E-state index contributed by atoms with van der Waals surface area (Å²) in [7, 11) is 1.89. The van der Waals surface area contributed by atoms with E-state index in [1.165, 1.54) is 0 Å². The number of nitrogens with two attached hydrogens (primary N) is 3. The second-order valence-electron chi connectivity index (χ2n) is 8.01. The van der Waals surface area contributed by atoms with Gasteiger partial charge >= 0.3 is 0 Å². The fourth-order valence-corrected chi connectivity index (χ4v) is 3.76. The highest BCUT2D eigenvalue weighted by atomic mass is 16.2. The molecule has 1 aliphatic rings. The van der Waals surface area contributed by atoms with Gasteiger partial charge in [0, 0.05) is 32.2 Å². The number of hydrazone groups is 1. The van der Waals surface area contributed by atoms with Crippen LogP contribution in [-0.4, -0.2) is 55.7 Å². The summed E-state index contributed by atoms with van der Waals surface area (Å²) < 4.78 is 0. The Kier molecular flexibility index (Phi) is 13.4. The van der Waals surface area contributed by atoms with E-state index in [0.29, 0.717) is 25.8 Å². The van der Waals surface area contributed by atoms with E-state index in [1.54, 1.807) is 0 Å². The van der Waals surface area contributed by atoms with Crippen molar-refractivity contribution in [3.8, 4) is 0 Å². The maximum Gasteiger partial charge on any atom is 0.246 e. The zero-order valence-corrected chi connectivity index (χ0v) is 20.2. The first-order chi connectivity index (χ1) is 16.8. The van der Waals surface area contributed by atoms with Crippen molar-refractivity contribution >= 4 is 30.0 Å². The summed E-state index contributed by atoms with van der Waals surface area (Å²) >= 11 is 0. The summed E-state index contributed by atoms with van der Waals surface area (Å²) in [6, 6.07) is 7.83. The Bertz CT molecular complexity index is 850. The van der Waals surface area contributed by atoms with Gasteiger partial charge in [0.2, 0.25) is 23.7 Å². The van der Waals surface area contributed by atoms with Crippen molar-refractivity contribution in [2.24, 2.45) is 22.5 Å². The first kappa shape index (κ1) is 29.3. The van der Waals surface area contributed by atoms with Gasteiger partial charge in [-0.3, -0.25) is 30.5 Å². The molecule has 13 nitrogen and oxygen atoms in total. The number of hydrogen-bond acceptors (Lipinski definition) is 8. The molecule has 0 atom stereocenters. The predicted molar refractivity (Wildman–Crippen MR) is 135 cm³/mol. The maximum atomic E-state index is 13.1. The Hall–Kier alpha value is -3.71. The van der Waals surface area contributed by atoms with Crippen molar-refractivity contribution in [1.29, 1.82) is 5.41 Å². The van der Waals surface area contributed by atoms with Crippen LogP contribution in [0.3, 0.4) is 0 Å². The zero-order valence-electron chi connectivity index (χ0n) is 20.2. The van der Waals surface area contributed by atoms with Crippen molar-refractivity contribution in [2.75, 3.05) is 20.1 Å². The summed E-state index contributed by atoms with van der Waals surface area (Å²) in [5, 5.41) is 20.5. The van der Waals surface area contributed by atoms with Gasteiger partial charge in [0.15, 0.2) is 0 Å². The molecule has 0 aromatic heterocycles. The molecule has 1 aromatic rings. The molecule has 2 rings (SSSR count). The molecule has 0 saturated carbocycles. The van der Waals surface area contributed by atoms with E-state index in [4.69, 9.17) is 17.1 Å². The largest absolute Gasteiger partial charge is 0.390 e. The summed E-state index contributed by atoms with van der Waals surface area (Å²) in [5.41, 5.74) is 7.63.